The van der Waals surface area contributed by atoms with E-state index in [9.17, 15) is 13.2 Å². The third-order valence-corrected chi connectivity index (χ3v) is 6.71. The molecule has 0 spiro atoms. The highest BCUT2D eigenvalue weighted by molar-refractivity contribution is 7.99. The molecule has 0 aliphatic heterocycles. The van der Waals surface area contributed by atoms with Crippen LogP contribution in [0.15, 0.2) is 34.3 Å². The number of amides is 1. The van der Waals surface area contributed by atoms with Gasteiger partial charge in [0.25, 0.3) is 0 Å². The van der Waals surface area contributed by atoms with Gasteiger partial charge in [0.05, 0.1) is 4.90 Å². The summed E-state index contributed by atoms with van der Waals surface area (Å²) in [5, 5.41) is 11.0. The summed E-state index contributed by atoms with van der Waals surface area (Å²) in [5.74, 6) is 0.642. The predicted octanol–water partition coefficient (Wildman–Crippen LogP) is 1.64. The van der Waals surface area contributed by atoms with E-state index in [1.807, 2.05) is 6.92 Å². The lowest BCUT2D eigenvalue weighted by Crippen LogP contribution is -2.30. The first kappa shape index (κ1) is 21.2. The molecular weight excluding hydrogens is 388 g/mol. The van der Waals surface area contributed by atoms with Crippen molar-refractivity contribution in [1.82, 2.24) is 19.1 Å². The molecule has 0 saturated carbocycles. The molecule has 0 aliphatic carbocycles. The van der Waals surface area contributed by atoms with E-state index >= 15 is 0 Å². The van der Waals surface area contributed by atoms with Crippen molar-refractivity contribution in [3.8, 4) is 0 Å². The van der Waals surface area contributed by atoms with Crippen LogP contribution in [0.4, 0.5) is 11.6 Å². The summed E-state index contributed by atoms with van der Waals surface area (Å²) in [4.78, 5) is 12.5. The summed E-state index contributed by atoms with van der Waals surface area (Å²) in [6, 6.07) is 6.08. The zero-order valence-corrected chi connectivity index (χ0v) is 17.2. The van der Waals surface area contributed by atoms with Crippen LogP contribution in [0.25, 0.3) is 0 Å². The molecule has 1 amide bonds. The predicted molar refractivity (Wildman–Crippen MR) is 106 cm³/mol. The van der Waals surface area contributed by atoms with Crippen molar-refractivity contribution in [1.29, 1.82) is 0 Å². The first-order valence-corrected chi connectivity index (χ1v) is 11.0. The molecule has 3 N–H and O–H groups in total. The number of carbonyl (C=O) groups is 1. The van der Waals surface area contributed by atoms with Crippen LogP contribution in [0, 0.1) is 0 Å². The van der Waals surface area contributed by atoms with E-state index in [1.54, 1.807) is 26.0 Å². The van der Waals surface area contributed by atoms with Crippen LogP contribution in [-0.4, -0.2) is 52.2 Å². The second-order valence-electron chi connectivity index (χ2n) is 5.52. The number of carbonyl (C=O) groups excluding carboxylic acids is 1. The fourth-order valence-electron chi connectivity index (χ4n) is 2.45. The van der Waals surface area contributed by atoms with Crippen LogP contribution in [0.2, 0.25) is 0 Å². The van der Waals surface area contributed by atoms with Gasteiger partial charge in [-0.3, -0.25) is 9.36 Å². The van der Waals surface area contributed by atoms with Gasteiger partial charge in [0.15, 0.2) is 5.16 Å². The Morgan fingerprint density at radius 1 is 1.19 bits per heavy atom. The van der Waals surface area contributed by atoms with Crippen LogP contribution in [0.5, 0.6) is 0 Å². The summed E-state index contributed by atoms with van der Waals surface area (Å²) in [5.41, 5.74) is 6.26. The highest BCUT2D eigenvalue weighted by atomic mass is 32.2. The number of sulfonamides is 1. The molecule has 0 saturated heterocycles. The molecule has 1 heterocycles. The van der Waals surface area contributed by atoms with Crippen LogP contribution in [-0.2, 0) is 21.4 Å². The van der Waals surface area contributed by atoms with Gasteiger partial charge in [-0.05, 0) is 30.0 Å². The van der Waals surface area contributed by atoms with Gasteiger partial charge in [-0.25, -0.2) is 8.42 Å². The van der Waals surface area contributed by atoms with Crippen molar-refractivity contribution >= 4 is 39.3 Å². The van der Waals surface area contributed by atoms with E-state index in [2.05, 4.69) is 15.5 Å². The Kier molecular flexibility index (Phi) is 7.22. The molecular formula is C16H24N6O3S2. The highest BCUT2D eigenvalue weighted by Gasteiger charge is 2.21. The Hall–Kier alpha value is -2.11. The fraction of sp³-hybridized carbons (Fsp3) is 0.438. The molecule has 27 heavy (non-hydrogen) atoms. The summed E-state index contributed by atoms with van der Waals surface area (Å²) in [6.07, 6.45) is 0. The third kappa shape index (κ3) is 4.99. The standard InChI is InChI=1S/C16H24N6O3S2/c1-4-21(5-2)27(24,25)13-9-7-12(8-10-13)18-14(23)11-22-15(17)19-20-16(22)26-6-3/h7-10H,4-6,11H2,1-3H3,(H2,17,19)(H,18,23). The summed E-state index contributed by atoms with van der Waals surface area (Å²) in [6.45, 7) is 6.31. The van der Waals surface area contributed by atoms with Crippen molar-refractivity contribution in [2.24, 2.45) is 0 Å². The van der Waals surface area contributed by atoms with Crippen molar-refractivity contribution in [3.63, 3.8) is 0 Å². The summed E-state index contributed by atoms with van der Waals surface area (Å²) < 4.78 is 27.9. The maximum Gasteiger partial charge on any atom is 0.244 e. The number of hydrogen-bond acceptors (Lipinski definition) is 7. The van der Waals surface area contributed by atoms with Crippen LogP contribution < -0.4 is 11.1 Å². The van der Waals surface area contributed by atoms with E-state index in [-0.39, 0.29) is 23.3 Å². The van der Waals surface area contributed by atoms with Gasteiger partial charge in [0, 0.05) is 18.8 Å². The van der Waals surface area contributed by atoms with E-state index in [0.717, 1.165) is 5.75 Å². The topological polar surface area (TPSA) is 123 Å². The smallest absolute Gasteiger partial charge is 0.244 e. The quantitative estimate of drug-likeness (QED) is 0.600. The average molecular weight is 413 g/mol. The molecule has 2 rings (SSSR count). The van der Waals surface area contributed by atoms with Crippen molar-refractivity contribution < 1.29 is 13.2 Å². The third-order valence-electron chi connectivity index (χ3n) is 3.80. The lowest BCUT2D eigenvalue weighted by Gasteiger charge is -2.18. The number of nitrogens with zero attached hydrogens (tertiary/aromatic N) is 4. The number of hydrogen-bond donors (Lipinski definition) is 2. The second-order valence-corrected chi connectivity index (χ2v) is 8.69. The molecule has 0 radical (unpaired) electrons. The normalized spacial score (nSPS) is 11.7. The van der Waals surface area contributed by atoms with Crippen LogP contribution in [0.3, 0.4) is 0 Å². The van der Waals surface area contributed by atoms with E-state index in [1.165, 1.54) is 32.8 Å². The Balaban J connectivity index is 2.09. The molecule has 0 bridgehead atoms. The van der Waals surface area contributed by atoms with Crippen molar-refractivity contribution in [3.05, 3.63) is 24.3 Å². The second kappa shape index (κ2) is 9.20. The van der Waals surface area contributed by atoms with Gasteiger partial charge >= 0.3 is 0 Å². The molecule has 0 atom stereocenters. The van der Waals surface area contributed by atoms with Gasteiger partial charge in [0.1, 0.15) is 6.54 Å². The van der Waals surface area contributed by atoms with E-state index in [4.69, 9.17) is 5.73 Å². The number of anilines is 2. The number of nitrogens with one attached hydrogen (secondary N) is 1. The van der Waals surface area contributed by atoms with Crippen LogP contribution in [0.1, 0.15) is 20.8 Å². The Bertz CT molecular complexity index is 876. The number of thioether (sulfide) groups is 1. The average Bonchev–Trinajstić information content (AvgIpc) is 2.96. The number of benzene rings is 1. The zero-order chi connectivity index (χ0) is 20.0. The maximum absolute atomic E-state index is 12.5. The molecule has 1 aromatic carbocycles. The molecule has 0 unspecified atom stereocenters. The van der Waals surface area contributed by atoms with Gasteiger partial charge in [-0.1, -0.05) is 32.5 Å². The van der Waals surface area contributed by atoms with E-state index in [0.29, 0.717) is 23.9 Å². The SMILES string of the molecule is CCSc1nnc(N)n1CC(=O)Nc1ccc(S(=O)(=O)N(CC)CC)cc1. The minimum atomic E-state index is -3.52. The maximum atomic E-state index is 12.5. The van der Waals surface area contributed by atoms with Gasteiger partial charge in [-0.2, -0.15) is 4.31 Å². The lowest BCUT2D eigenvalue weighted by atomic mass is 10.3. The zero-order valence-electron chi connectivity index (χ0n) is 15.5. The first-order chi connectivity index (χ1) is 12.8. The highest BCUT2D eigenvalue weighted by Crippen LogP contribution is 2.20. The minimum absolute atomic E-state index is 0.0271. The number of rotatable bonds is 9. The first-order valence-electron chi connectivity index (χ1n) is 8.54. The Morgan fingerprint density at radius 3 is 2.37 bits per heavy atom. The molecule has 11 heteroatoms. The molecule has 0 aliphatic rings. The molecule has 0 fully saturated rings. The van der Waals surface area contributed by atoms with Gasteiger partial charge in [-0.15, -0.1) is 10.2 Å². The monoisotopic (exact) mass is 412 g/mol. The molecule has 9 nitrogen and oxygen atoms in total. The number of nitrogens with two attached hydrogens (primary N) is 1. The van der Waals surface area contributed by atoms with Gasteiger partial charge in [0.2, 0.25) is 21.9 Å². The Morgan fingerprint density at radius 2 is 1.81 bits per heavy atom. The minimum Gasteiger partial charge on any atom is -0.368 e. The summed E-state index contributed by atoms with van der Waals surface area (Å²) >= 11 is 1.44. The lowest BCUT2D eigenvalue weighted by molar-refractivity contribution is -0.116. The number of aromatic nitrogens is 3. The van der Waals surface area contributed by atoms with Crippen molar-refractivity contribution in [2.75, 3.05) is 29.9 Å². The van der Waals surface area contributed by atoms with E-state index < -0.39 is 10.0 Å². The summed E-state index contributed by atoms with van der Waals surface area (Å²) in [7, 11) is -3.52. The Labute approximate surface area is 163 Å². The van der Waals surface area contributed by atoms with Crippen molar-refractivity contribution in [2.45, 2.75) is 37.4 Å². The van der Waals surface area contributed by atoms with Gasteiger partial charge < -0.3 is 11.1 Å². The largest absolute Gasteiger partial charge is 0.368 e. The molecule has 1 aromatic heterocycles. The molecule has 2 aromatic rings. The van der Waals surface area contributed by atoms with Crippen LogP contribution >= 0.6 is 11.8 Å². The number of nitrogen functional groups attached to an aromatic ring is 1. The molecule has 148 valence electrons. The fourth-order valence-corrected chi connectivity index (χ4v) is 4.58.